The van der Waals surface area contributed by atoms with Gasteiger partial charge in [0, 0.05) is 23.6 Å². The van der Waals surface area contributed by atoms with Crippen LogP contribution in [0.3, 0.4) is 0 Å². The standard InChI is InChI=1S/C26H29Cl2F3N2O/c1-24(2,3)16-7-8-20-17(15-16)25(11-13-32-14-12-25)21(9-10-26(29,30)31)33(20)23(34)22-18(27)5-4-6-19(22)28/h4-8,15,21,32H,9-14H2,1-3H3. The van der Waals surface area contributed by atoms with Crippen LogP contribution in [0.2, 0.25) is 10.0 Å². The molecule has 34 heavy (non-hydrogen) atoms. The smallest absolute Gasteiger partial charge is 0.317 e. The molecular weight excluding hydrogens is 484 g/mol. The maximum absolute atomic E-state index is 14.0. The molecule has 2 aromatic carbocycles. The largest absolute Gasteiger partial charge is 0.389 e. The van der Waals surface area contributed by atoms with Gasteiger partial charge in [-0.2, -0.15) is 13.2 Å². The van der Waals surface area contributed by atoms with Gasteiger partial charge in [-0.25, -0.2) is 0 Å². The van der Waals surface area contributed by atoms with Gasteiger partial charge in [0.05, 0.1) is 15.6 Å². The van der Waals surface area contributed by atoms with Gasteiger partial charge in [-0.1, -0.05) is 62.2 Å². The fourth-order valence-electron chi connectivity index (χ4n) is 5.46. The molecule has 0 aromatic heterocycles. The molecule has 0 radical (unpaired) electrons. The van der Waals surface area contributed by atoms with Gasteiger partial charge >= 0.3 is 6.18 Å². The Labute approximate surface area is 208 Å². The molecule has 0 bridgehead atoms. The number of fused-ring (bicyclic) bond motifs is 2. The lowest BCUT2D eigenvalue weighted by Crippen LogP contribution is -2.52. The number of alkyl halides is 3. The molecule has 1 fully saturated rings. The quantitative estimate of drug-likeness (QED) is 0.468. The van der Waals surface area contributed by atoms with E-state index < -0.39 is 30.0 Å². The minimum atomic E-state index is -4.32. The molecule has 0 saturated carbocycles. The van der Waals surface area contributed by atoms with Crippen molar-refractivity contribution in [1.29, 1.82) is 0 Å². The lowest BCUT2D eigenvalue weighted by Gasteiger charge is -2.42. The molecule has 1 atom stereocenters. The fraction of sp³-hybridized carbons (Fsp3) is 0.500. The summed E-state index contributed by atoms with van der Waals surface area (Å²) in [5.74, 6) is -0.456. The van der Waals surface area contributed by atoms with E-state index in [0.717, 1.165) is 11.1 Å². The first-order valence-corrected chi connectivity index (χ1v) is 12.3. The zero-order valence-electron chi connectivity index (χ0n) is 19.5. The molecule has 4 rings (SSSR count). The molecule has 184 valence electrons. The Bertz CT molecular complexity index is 1070. The van der Waals surface area contributed by atoms with Crippen LogP contribution in [0.15, 0.2) is 36.4 Å². The van der Waals surface area contributed by atoms with Crippen molar-refractivity contribution in [2.24, 2.45) is 0 Å². The minimum absolute atomic E-state index is 0.125. The molecule has 2 aliphatic heterocycles. The highest BCUT2D eigenvalue weighted by molar-refractivity contribution is 6.40. The second-order valence-corrected chi connectivity index (χ2v) is 11.1. The number of hydrogen-bond acceptors (Lipinski definition) is 2. The second-order valence-electron chi connectivity index (χ2n) is 10.3. The summed E-state index contributed by atoms with van der Waals surface area (Å²) in [5, 5.41) is 3.70. The average molecular weight is 513 g/mol. The SMILES string of the molecule is CC(C)(C)c1ccc2c(c1)C1(CCNCC1)C(CCC(F)(F)F)N2C(=O)c1c(Cl)cccc1Cl. The van der Waals surface area contributed by atoms with Crippen molar-refractivity contribution in [3.8, 4) is 0 Å². The number of nitrogens with one attached hydrogen (secondary N) is 1. The maximum atomic E-state index is 14.0. The Morgan fingerprint density at radius 2 is 1.71 bits per heavy atom. The number of anilines is 1. The van der Waals surface area contributed by atoms with Crippen LogP contribution in [-0.4, -0.2) is 31.2 Å². The normalized spacial score (nSPS) is 20.0. The van der Waals surface area contributed by atoms with Gasteiger partial charge < -0.3 is 10.2 Å². The molecule has 2 heterocycles. The molecule has 1 N–H and O–H groups in total. The third-order valence-electron chi connectivity index (χ3n) is 7.20. The van der Waals surface area contributed by atoms with Crippen LogP contribution in [0.5, 0.6) is 0 Å². The lowest BCUT2D eigenvalue weighted by atomic mass is 9.68. The molecule has 2 aliphatic rings. The van der Waals surface area contributed by atoms with Gasteiger partial charge in [-0.05, 0) is 67.1 Å². The van der Waals surface area contributed by atoms with Crippen LogP contribution >= 0.6 is 23.2 Å². The Morgan fingerprint density at radius 1 is 1.09 bits per heavy atom. The Kier molecular flexibility index (Phi) is 6.73. The molecular formula is C26H29Cl2F3N2O. The van der Waals surface area contributed by atoms with Gasteiger partial charge in [0.25, 0.3) is 5.91 Å². The Balaban J connectivity index is 1.92. The number of hydrogen-bond donors (Lipinski definition) is 1. The van der Waals surface area contributed by atoms with E-state index in [-0.39, 0.29) is 27.4 Å². The molecule has 1 amide bonds. The summed E-state index contributed by atoms with van der Waals surface area (Å²) in [6.45, 7) is 7.66. The van der Waals surface area contributed by atoms with Crippen LogP contribution in [0.1, 0.15) is 67.9 Å². The van der Waals surface area contributed by atoms with Gasteiger partial charge in [-0.3, -0.25) is 4.79 Å². The van der Waals surface area contributed by atoms with Crippen molar-refractivity contribution >= 4 is 34.8 Å². The summed E-state index contributed by atoms with van der Waals surface area (Å²) in [5.41, 5.74) is 2.10. The molecule has 1 spiro atoms. The summed E-state index contributed by atoms with van der Waals surface area (Å²) >= 11 is 12.7. The van der Waals surface area contributed by atoms with E-state index in [4.69, 9.17) is 23.2 Å². The third kappa shape index (κ3) is 4.57. The van der Waals surface area contributed by atoms with Crippen molar-refractivity contribution in [3.05, 3.63) is 63.1 Å². The van der Waals surface area contributed by atoms with Crippen LogP contribution in [0.25, 0.3) is 0 Å². The number of benzene rings is 2. The zero-order chi connectivity index (χ0) is 24.9. The van der Waals surface area contributed by atoms with Crippen LogP contribution in [-0.2, 0) is 10.8 Å². The highest BCUT2D eigenvalue weighted by Crippen LogP contribution is 2.54. The molecule has 2 aromatic rings. The first-order chi connectivity index (χ1) is 15.8. The Hall–Kier alpha value is -1.76. The van der Waals surface area contributed by atoms with Crippen molar-refractivity contribution in [2.45, 2.75) is 69.5 Å². The lowest BCUT2D eigenvalue weighted by molar-refractivity contribution is -0.137. The fourth-order valence-corrected chi connectivity index (χ4v) is 6.02. The number of rotatable bonds is 3. The van der Waals surface area contributed by atoms with E-state index in [1.807, 2.05) is 12.1 Å². The highest BCUT2D eigenvalue weighted by Gasteiger charge is 2.54. The van der Waals surface area contributed by atoms with Crippen LogP contribution in [0, 0.1) is 0 Å². The minimum Gasteiger partial charge on any atom is -0.317 e. The predicted octanol–water partition coefficient (Wildman–Crippen LogP) is 7.28. The first kappa shape index (κ1) is 25.3. The van der Waals surface area contributed by atoms with E-state index in [2.05, 4.69) is 32.2 Å². The van der Waals surface area contributed by atoms with Crippen LogP contribution in [0.4, 0.5) is 18.9 Å². The molecule has 8 heteroatoms. The van der Waals surface area contributed by atoms with Crippen molar-refractivity contribution in [2.75, 3.05) is 18.0 Å². The van der Waals surface area contributed by atoms with E-state index in [9.17, 15) is 18.0 Å². The number of carbonyl (C=O) groups is 1. The summed E-state index contributed by atoms with van der Waals surface area (Å²) in [6, 6.07) is 10.1. The summed E-state index contributed by atoms with van der Waals surface area (Å²) in [6.07, 6.45) is -4.17. The average Bonchev–Trinajstić information content (AvgIpc) is 3.00. The summed E-state index contributed by atoms with van der Waals surface area (Å²) in [7, 11) is 0. The van der Waals surface area contributed by atoms with Gasteiger partial charge in [0.15, 0.2) is 0 Å². The summed E-state index contributed by atoms with van der Waals surface area (Å²) < 4.78 is 40.3. The third-order valence-corrected chi connectivity index (χ3v) is 7.83. The van der Waals surface area contributed by atoms with E-state index in [1.54, 1.807) is 23.1 Å². The zero-order valence-corrected chi connectivity index (χ0v) is 21.0. The molecule has 3 nitrogen and oxygen atoms in total. The van der Waals surface area contributed by atoms with Gasteiger partial charge in [-0.15, -0.1) is 0 Å². The summed E-state index contributed by atoms with van der Waals surface area (Å²) in [4.78, 5) is 15.5. The maximum Gasteiger partial charge on any atom is 0.389 e. The predicted molar refractivity (Wildman–Crippen MR) is 131 cm³/mol. The number of carbonyl (C=O) groups excluding carboxylic acids is 1. The van der Waals surface area contributed by atoms with E-state index in [1.165, 1.54) is 0 Å². The number of nitrogens with zero attached hydrogens (tertiary/aromatic N) is 1. The molecule has 1 unspecified atom stereocenters. The molecule has 1 saturated heterocycles. The number of piperidine rings is 1. The van der Waals surface area contributed by atoms with Crippen LogP contribution < -0.4 is 10.2 Å². The number of amides is 1. The number of halogens is 5. The molecule has 0 aliphatic carbocycles. The second kappa shape index (κ2) is 9.03. The topological polar surface area (TPSA) is 32.3 Å². The van der Waals surface area contributed by atoms with E-state index >= 15 is 0 Å². The monoisotopic (exact) mass is 512 g/mol. The van der Waals surface area contributed by atoms with E-state index in [0.29, 0.717) is 31.6 Å². The Morgan fingerprint density at radius 3 is 2.26 bits per heavy atom. The first-order valence-electron chi connectivity index (χ1n) is 11.6. The van der Waals surface area contributed by atoms with Gasteiger partial charge in [0.2, 0.25) is 0 Å². The van der Waals surface area contributed by atoms with Crippen molar-refractivity contribution in [3.63, 3.8) is 0 Å². The highest BCUT2D eigenvalue weighted by atomic mass is 35.5. The van der Waals surface area contributed by atoms with Crippen molar-refractivity contribution in [1.82, 2.24) is 5.32 Å². The van der Waals surface area contributed by atoms with Gasteiger partial charge in [0.1, 0.15) is 0 Å². The van der Waals surface area contributed by atoms with Crippen molar-refractivity contribution < 1.29 is 18.0 Å².